The van der Waals surface area contributed by atoms with Gasteiger partial charge in [-0.3, -0.25) is 14.5 Å². The van der Waals surface area contributed by atoms with E-state index < -0.39 is 0 Å². The van der Waals surface area contributed by atoms with Crippen molar-refractivity contribution in [3.8, 4) is 0 Å². The highest BCUT2D eigenvalue weighted by molar-refractivity contribution is 6.30. The van der Waals surface area contributed by atoms with Crippen LogP contribution in [0.5, 0.6) is 0 Å². The Labute approximate surface area is 253 Å². The van der Waals surface area contributed by atoms with Crippen molar-refractivity contribution < 1.29 is 9.59 Å². The summed E-state index contributed by atoms with van der Waals surface area (Å²) in [5.41, 5.74) is 6.12. The van der Waals surface area contributed by atoms with Crippen molar-refractivity contribution in [2.75, 3.05) is 44.2 Å². The number of carbonyl (C=O) groups is 2. The van der Waals surface area contributed by atoms with Crippen LogP contribution in [0, 0.1) is 0 Å². The molecule has 0 bridgehead atoms. The first-order valence-corrected chi connectivity index (χ1v) is 15.6. The van der Waals surface area contributed by atoms with Crippen molar-refractivity contribution in [2.45, 2.75) is 50.9 Å². The monoisotopic (exact) mass is 585 g/mol. The summed E-state index contributed by atoms with van der Waals surface area (Å²) >= 11 is 6.15. The van der Waals surface area contributed by atoms with Crippen LogP contribution in [0.4, 0.5) is 5.69 Å². The Balaban J connectivity index is 1.09. The zero-order valence-corrected chi connectivity index (χ0v) is 24.9. The molecule has 3 aliphatic rings. The third-order valence-corrected chi connectivity index (χ3v) is 9.11. The minimum Gasteiger partial charge on any atom is -0.369 e. The van der Waals surface area contributed by atoms with Gasteiger partial charge >= 0.3 is 0 Å². The van der Waals surface area contributed by atoms with E-state index in [9.17, 15) is 9.59 Å². The molecule has 0 spiro atoms. The molecule has 3 aromatic rings. The summed E-state index contributed by atoms with van der Waals surface area (Å²) in [6.07, 6.45) is 3.08. The van der Waals surface area contributed by atoms with Crippen molar-refractivity contribution in [1.29, 1.82) is 0 Å². The number of piperazine rings is 1. The summed E-state index contributed by atoms with van der Waals surface area (Å²) in [5, 5.41) is 7.55. The van der Waals surface area contributed by atoms with E-state index >= 15 is 0 Å². The lowest BCUT2D eigenvalue weighted by molar-refractivity contribution is -0.128. The van der Waals surface area contributed by atoms with E-state index in [1.807, 2.05) is 23.1 Å². The number of nitrogens with zero attached hydrogens (tertiary/aromatic N) is 3. The molecule has 2 amide bonds. The molecule has 2 saturated heterocycles. The lowest BCUT2D eigenvalue weighted by Crippen LogP contribution is -2.55. The molecule has 6 rings (SSSR count). The van der Waals surface area contributed by atoms with Crippen LogP contribution in [0.2, 0.25) is 5.02 Å². The number of anilines is 1. The maximum Gasteiger partial charge on any atom is 0.237 e. The van der Waals surface area contributed by atoms with Gasteiger partial charge in [0.1, 0.15) is 0 Å². The molecule has 2 atom stereocenters. The minimum absolute atomic E-state index is 0.0161. The first-order chi connectivity index (χ1) is 20.5. The fourth-order valence-electron chi connectivity index (χ4n) is 6.52. The molecule has 42 heavy (non-hydrogen) atoms. The quantitative estimate of drug-likeness (QED) is 0.397. The van der Waals surface area contributed by atoms with Gasteiger partial charge in [-0.05, 0) is 59.7 Å². The summed E-state index contributed by atoms with van der Waals surface area (Å²) in [7, 11) is 0. The number of likely N-dealkylation sites (tertiary alicyclic amines) is 1. The number of carbonyl (C=O) groups excluding carboxylic acids is 2. The molecule has 0 aromatic heterocycles. The average molecular weight is 586 g/mol. The molecule has 3 heterocycles. The maximum absolute atomic E-state index is 13.5. The van der Waals surface area contributed by atoms with E-state index in [0.717, 1.165) is 62.7 Å². The number of amides is 2. The largest absolute Gasteiger partial charge is 0.369 e. The van der Waals surface area contributed by atoms with E-state index in [0.29, 0.717) is 25.9 Å². The highest BCUT2D eigenvalue weighted by Gasteiger charge is 2.28. The number of para-hydroxylation sites is 1. The molecular formula is C34H40ClN5O2. The number of benzene rings is 3. The Morgan fingerprint density at radius 3 is 2.43 bits per heavy atom. The second-order valence-electron chi connectivity index (χ2n) is 11.8. The Bertz CT molecular complexity index is 1390. The Hall–Kier alpha value is -3.39. The predicted octanol–water partition coefficient (Wildman–Crippen LogP) is 4.03. The van der Waals surface area contributed by atoms with Crippen LogP contribution in [0.25, 0.3) is 0 Å². The Morgan fingerprint density at radius 2 is 1.67 bits per heavy atom. The van der Waals surface area contributed by atoms with E-state index in [1.165, 1.54) is 22.4 Å². The van der Waals surface area contributed by atoms with Crippen LogP contribution < -0.4 is 15.5 Å². The normalized spacial score (nSPS) is 19.9. The predicted molar refractivity (Wildman–Crippen MR) is 168 cm³/mol. The second-order valence-corrected chi connectivity index (χ2v) is 12.2. The van der Waals surface area contributed by atoms with Gasteiger partial charge in [0.25, 0.3) is 0 Å². The summed E-state index contributed by atoms with van der Waals surface area (Å²) in [6.45, 7) is 6.69. The summed E-state index contributed by atoms with van der Waals surface area (Å²) in [4.78, 5) is 32.6. The fraction of sp³-hybridized carbons (Fsp3) is 0.412. The van der Waals surface area contributed by atoms with Crippen molar-refractivity contribution in [3.05, 3.63) is 100 Å². The molecule has 0 saturated carbocycles. The van der Waals surface area contributed by atoms with Crippen molar-refractivity contribution in [2.24, 2.45) is 0 Å². The van der Waals surface area contributed by atoms with E-state index in [-0.39, 0.29) is 23.9 Å². The van der Waals surface area contributed by atoms with Gasteiger partial charge in [-0.15, -0.1) is 0 Å². The van der Waals surface area contributed by atoms with Gasteiger partial charge in [-0.2, -0.15) is 0 Å². The van der Waals surface area contributed by atoms with Gasteiger partial charge in [0.05, 0.1) is 6.04 Å². The Morgan fingerprint density at radius 1 is 0.929 bits per heavy atom. The maximum atomic E-state index is 13.5. The fourth-order valence-corrected chi connectivity index (χ4v) is 6.65. The number of fused-ring (bicyclic) bond motifs is 1. The summed E-state index contributed by atoms with van der Waals surface area (Å²) < 4.78 is 0. The molecule has 0 aliphatic carbocycles. The van der Waals surface area contributed by atoms with Gasteiger partial charge in [0, 0.05) is 75.5 Å². The van der Waals surface area contributed by atoms with Crippen LogP contribution in [-0.2, 0) is 35.5 Å². The smallest absolute Gasteiger partial charge is 0.237 e. The zero-order valence-electron chi connectivity index (χ0n) is 24.1. The van der Waals surface area contributed by atoms with Gasteiger partial charge in [0.2, 0.25) is 11.8 Å². The number of nitrogens with one attached hydrogen (secondary N) is 2. The third-order valence-electron chi connectivity index (χ3n) is 8.86. The standard InChI is InChI=1S/C34H40ClN5O2/c35-29-13-11-25(12-14-29)20-30(37-34(42)31-21-26-6-1-2-7-27(26)22-36-31)24-38-16-18-39(19-17-38)32-9-4-3-8-28(32)23-40-15-5-10-33(40)41/h1-4,6-9,11-14,30-31,36H,5,10,15-24H2,(H,37,42)/t30-,31-/m0/s1. The van der Waals surface area contributed by atoms with Crippen molar-refractivity contribution in [3.63, 3.8) is 0 Å². The SMILES string of the molecule is O=C(N[C@@H](Cc1ccc(Cl)cc1)CN1CCN(c2ccccc2CN2CCCC2=O)CC1)[C@@H]1Cc2ccccc2CN1. The van der Waals surface area contributed by atoms with Crippen molar-refractivity contribution >= 4 is 29.1 Å². The summed E-state index contributed by atoms with van der Waals surface area (Å²) in [6, 6.07) is 24.5. The zero-order chi connectivity index (χ0) is 28.9. The molecule has 220 valence electrons. The lowest BCUT2D eigenvalue weighted by atomic mass is 9.95. The third kappa shape index (κ3) is 6.97. The molecule has 2 N–H and O–H groups in total. The number of rotatable bonds is 9. The minimum atomic E-state index is -0.233. The molecule has 7 nitrogen and oxygen atoms in total. The number of halogens is 1. The molecule has 0 radical (unpaired) electrons. The molecule has 0 unspecified atom stereocenters. The number of hydrogen-bond acceptors (Lipinski definition) is 5. The van der Waals surface area contributed by atoms with Gasteiger partial charge in [-0.25, -0.2) is 0 Å². The van der Waals surface area contributed by atoms with E-state index in [4.69, 9.17) is 11.6 Å². The van der Waals surface area contributed by atoms with Crippen LogP contribution >= 0.6 is 11.6 Å². The van der Waals surface area contributed by atoms with Crippen LogP contribution in [-0.4, -0.2) is 73.0 Å². The molecule has 8 heteroatoms. The Kier molecular flexibility index (Phi) is 9.08. The van der Waals surface area contributed by atoms with Crippen LogP contribution in [0.3, 0.4) is 0 Å². The van der Waals surface area contributed by atoms with E-state index in [1.54, 1.807) is 0 Å². The molecule has 3 aromatic carbocycles. The molecule has 2 fully saturated rings. The topological polar surface area (TPSA) is 67.9 Å². The van der Waals surface area contributed by atoms with Crippen LogP contribution in [0.15, 0.2) is 72.8 Å². The molecular weight excluding hydrogens is 546 g/mol. The van der Waals surface area contributed by atoms with Gasteiger partial charge in [-0.1, -0.05) is 66.2 Å². The van der Waals surface area contributed by atoms with Gasteiger partial charge < -0.3 is 20.4 Å². The highest BCUT2D eigenvalue weighted by Crippen LogP contribution is 2.25. The van der Waals surface area contributed by atoms with Crippen LogP contribution in [0.1, 0.15) is 35.1 Å². The lowest BCUT2D eigenvalue weighted by Gasteiger charge is -2.39. The first-order valence-electron chi connectivity index (χ1n) is 15.2. The van der Waals surface area contributed by atoms with Crippen molar-refractivity contribution in [1.82, 2.24) is 20.4 Å². The second kappa shape index (κ2) is 13.3. The average Bonchev–Trinajstić information content (AvgIpc) is 3.42. The number of hydrogen-bond donors (Lipinski definition) is 2. The first kappa shape index (κ1) is 28.7. The summed E-state index contributed by atoms with van der Waals surface area (Å²) in [5.74, 6) is 0.323. The van der Waals surface area contributed by atoms with Gasteiger partial charge in [0.15, 0.2) is 0 Å². The molecule has 3 aliphatic heterocycles. The van der Waals surface area contributed by atoms with E-state index in [2.05, 4.69) is 75.0 Å². The highest BCUT2D eigenvalue weighted by atomic mass is 35.5.